The van der Waals surface area contributed by atoms with Crippen LogP contribution in [-0.4, -0.2) is 58.3 Å². The van der Waals surface area contributed by atoms with Gasteiger partial charge < -0.3 is 24.0 Å². The maximum absolute atomic E-state index is 13.3. The van der Waals surface area contributed by atoms with Crippen molar-refractivity contribution in [3.63, 3.8) is 0 Å². The standard InChI is InChI=1S/C22H28N2O4/c1-23(17-11-8-14-24(15-17)16-9-6-5-7-10-16)22(25)18-12-13-19(26-2)21(28-4)20(18)27-3/h5-7,9-10,12-13,17H,8,11,14-15H2,1-4H3. The molecule has 150 valence electrons. The van der Waals surface area contributed by atoms with E-state index in [2.05, 4.69) is 17.0 Å². The topological polar surface area (TPSA) is 51.2 Å². The van der Waals surface area contributed by atoms with Crippen LogP contribution < -0.4 is 19.1 Å². The summed E-state index contributed by atoms with van der Waals surface area (Å²) >= 11 is 0. The minimum atomic E-state index is -0.0854. The Kier molecular flexibility index (Phi) is 6.29. The molecule has 6 nitrogen and oxygen atoms in total. The molecule has 1 aliphatic heterocycles. The molecule has 28 heavy (non-hydrogen) atoms. The van der Waals surface area contributed by atoms with E-state index < -0.39 is 0 Å². The van der Waals surface area contributed by atoms with Gasteiger partial charge in [0.1, 0.15) is 0 Å². The Morgan fingerprint density at radius 1 is 1.00 bits per heavy atom. The molecule has 1 atom stereocenters. The number of likely N-dealkylation sites (N-methyl/N-ethyl adjacent to an activating group) is 1. The van der Waals surface area contributed by atoms with Crippen LogP contribution in [0, 0.1) is 0 Å². The Balaban J connectivity index is 1.82. The molecule has 1 aliphatic rings. The van der Waals surface area contributed by atoms with Crippen molar-refractivity contribution >= 4 is 11.6 Å². The van der Waals surface area contributed by atoms with Crippen LogP contribution in [0.1, 0.15) is 23.2 Å². The molecule has 0 radical (unpaired) electrons. The molecule has 1 unspecified atom stereocenters. The molecule has 1 fully saturated rings. The van der Waals surface area contributed by atoms with E-state index in [1.807, 2.05) is 30.1 Å². The first-order chi connectivity index (χ1) is 13.6. The van der Waals surface area contributed by atoms with Crippen LogP contribution in [0.4, 0.5) is 5.69 Å². The van der Waals surface area contributed by atoms with Crippen LogP contribution in [0.25, 0.3) is 0 Å². The summed E-state index contributed by atoms with van der Waals surface area (Å²) in [6, 6.07) is 13.9. The number of ether oxygens (including phenoxy) is 3. The summed E-state index contributed by atoms with van der Waals surface area (Å²) in [5.41, 5.74) is 1.66. The number of amides is 1. The molecule has 0 saturated carbocycles. The van der Waals surface area contributed by atoms with Crippen molar-refractivity contribution < 1.29 is 19.0 Å². The molecule has 1 amide bonds. The fraction of sp³-hybridized carbons (Fsp3) is 0.409. The first-order valence-electron chi connectivity index (χ1n) is 9.46. The SMILES string of the molecule is COc1ccc(C(=O)N(C)C2CCCN(c3ccccc3)C2)c(OC)c1OC. The summed E-state index contributed by atoms with van der Waals surface area (Å²) in [5.74, 6) is 1.28. The van der Waals surface area contributed by atoms with E-state index in [0.717, 1.165) is 25.9 Å². The third-order valence-corrected chi connectivity index (χ3v) is 5.32. The average molecular weight is 384 g/mol. The number of carbonyl (C=O) groups is 1. The fourth-order valence-corrected chi connectivity index (χ4v) is 3.77. The van der Waals surface area contributed by atoms with Crippen molar-refractivity contribution in [3.8, 4) is 17.2 Å². The van der Waals surface area contributed by atoms with Crippen molar-refractivity contribution in [2.45, 2.75) is 18.9 Å². The zero-order valence-corrected chi connectivity index (χ0v) is 17.0. The minimum absolute atomic E-state index is 0.0854. The van der Waals surface area contributed by atoms with Gasteiger partial charge in [-0.25, -0.2) is 0 Å². The highest BCUT2D eigenvalue weighted by Crippen LogP contribution is 2.40. The van der Waals surface area contributed by atoms with Crippen LogP contribution in [0.2, 0.25) is 0 Å². The second kappa shape index (κ2) is 8.87. The molecule has 0 spiro atoms. The molecule has 0 bridgehead atoms. The number of hydrogen-bond acceptors (Lipinski definition) is 5. The van der Waals surface area contributed by atoms with Crippen LogP contribution >= 0.6 is 0 Å². The lowest BCUT2D eigenvalue weighted by Crippen LogP contribution is -2.48. The Hall–Kier alpha value is -2.89. The summed E-state index contributed by atoms with van der Waals surface area (Å²) in [6.45, 7) is 1.81. The molecule has 6 heteroatoms. The molecular formula is C22H28N2O4. The van der Waals surface area contributed by atoms with Gasteiger partial charge in [0.2, 0.25) is 5.75 Å². The van der Waals surface area contributed by atoms with E-state index in [1.54, 1.807) is 19.2 Å². The van der Waals surface area contributed by atoms with Gasteiger partial charge in [0.15, 0.2) is 11.5 Å². The quantitative estimate of drug-likeness (QED) is 0.764. The van der Waals surface area contributed by atoms with E-state index in [0.29, 0.717) is 22.8 Å². The zero-order valence-electron chi connectivity index (χ0n) is 17.0. The average Bonchev–Trinajstić information content (AvgIpc) is 2.77. The third-order valence-electron chi connectivity index (χ3n) is 5.32. The van der Waals surface area contributed by atoms with Crippen LogP contribution in [0.3, 0.4) is 0 Å². The van der Waals surface area contributed by atoms with E-state index in [4.69, 9.17) is 14.2 Å². The highest BCUT2D eigenvalue weighted by molar-refractivity contribution is 5.98. The number of hydrogen-bond donors (Lipinski definition) is 0. The largest absolute Gasteiger partial charge is 0.493 e. The Bertz CT molecular complexity index is 810. The van der Waals surface area contributed by atoms with E-state index in [-0.39, 0.29) is 11.9 Å². The van der Waals surface area contributed by atoms with Gasteiger partial charge in [-0.3, -0.25) is 4.79 Å². The summed E-state index contributed by atoms with van der Waals surface area (Å²) < 4.78 is 16.2. The normalized spacial score (nSPS) is 16.4. The second-order valence-electron chi connectivity index (χ2n) is 6.88. The Labute approximate surface area is 166 Å². The van der Waals surface area contributed by atoms with Gasteiger partial charge >= 0.3 is 0 Å². The molecule has 0 N–H and O–H groups in total. The number of carbonyl (C=O) groups excluding carboxylic acids is 1. The Morgan fingerprint density at radius 2 is 1.71 bits per heavy atom. The number of rotatable bonds is 6. The summed E-state index contributed by atoms with van der Waals surface area (Å²) in [4.78, 5) is 17.4. The van der Waals surface area contributed by atoms with Crippen LogP contribution in [0.5, 0.6) is 17.2 Å². The highest BCUT2D eigenvalue weighted by Gasteiger charge is 2.29. The maximum Gasteiger partial charge on any atom is 0.257 e. The van der Waals surface area contributed by atoms with E-state index in [1.165, 1.54) is 19.9 Å². The molecule has 3 rings (SSSR count). The summed E-state index contributed by atoms with van der Waals surface area (Å²) in [7, 11) is 6.49. The molecule has 1 saturated heterocycles. The lowest BCUT2D eigenvalue weighted by molar-refractivity contribution is 0.0713. The molecule has 0 aromatic heterocycles. The lowest BCUT2D eigenvalue weighted by Gasteiger charge is -2.39. The smallest absolute Gasteiger partial charge is 0.257 e. The molecular weight excluding hydrogens is 356 g/mol. The third kappa shape index (κ3) is 3.86. The van der Waals surface area contributed by atoms with Crippen molar-refractivity contribution in [1.29, 1.82) is 0 Å². The monoisotopic (exact) mass is 384 g/mol. The summed E-state index contributed by atoms with van der Waals surface area (Å²) in [5, 5.41) is 0. The maximum atomic E-state index is 13.3. The Morgan fingerprint density at radius 3 is 2.36 bits per heavy atom. The molecule has 2 aromatic rings. The number of nitrogens with zero attached hydrogens (tertiary/aromatic N) is 2. The van der Waals surface area contributed by atoms with Crippen molar-refractivity contribution in [1.82, 2.24) is 4.90 Å². The van der Waals surface area contributed by atoms with E-state index >= 15 is 0 Å². The molecule has 1 heterocycles. The van der Waals surface area contributed by atoms with Gasteiger partial charge in [0.25, 0.3) is 5.91 Å². The fourth-order valence-electron chi connectivity index (χ4n) is 3.77. The highest BCUT2D eigenvalue weighted by atomic mass is 16.5. The van der Waals surface area contributed by atoms with Gasteiger partial charge in [0.05, 0.1) is 26.9 Å². The second-order valence-corrected chi connectivity index (χ2v) is 6.88. The zero-order chi connectivity index (χ0) is 20.1. The lowest BCUT2D eigenvalue weighted by atomic mass is 10.0. The van der Waals surface area contributed by atoms with Gasteiger partial charge in [-0.2, -0.15) is 0 Å². The number of para-hydroxylation sites is 1. The van der Waals surface area contributed by atoms with Crippen LogP contribution in [-0.2, 0) is 0 Å². The van der Waals surface area contributed by atoms with Crippen molar-refractivity contribution in [3.05, 3.63) is 48.0 Å². The molecule has 0 aliphatic carbocycles. The van der Waals surface area contributed by atoms with Crippen molar-refractivity contribution in [2.24, 2.45) is 0 Å². The van der Waals surface area contributed by atoms with Gasteiger partial charge in [-0.1, -0.05) is 18.2 Å². The van der Waals surface area contributed by atoms with Crippen LogP contribution in [0.15, 0.2) is 42.5 Å². The van der Waals surface area contributed by atoms with Gasteiger partial charge in [0, 0.05) is 31.9 Å². The first-order valence-corrected chi connectivity index (χ1v) is 9.46. The first kappa shape index (κ1) is 19.9. The van der Waals surface area contributed by atoms with Gasteiger partial charge in [-0.05, 0) is 37.1 Å². The number of methoxy groups -OCH3 is 3. The predicted octanol–water partition coefficient (Wildman–Crippen LogP) is 3.45. The van der Waals surface area contributed by atoms with E-state index in [9.17, 15) is 4.79 Å². The predicted molar refractivity (Wildman–Crippen MR) is 110 cm³/mol. The molecule has 2 aromatic carbocycles. The minimum Gasteiger partial charge on any atom is -0.493 e. The van der Waals surface area contributed by atoms with Gasteiger partial charge in [-0.15, -0.1) is 0 Å². The number of benzene rings is 2. The number of piperidine rings is 1. The number of anilines is 1. The van der Waals surface area contributed by atoms with Crippen molar-refractivity contribution in [2.75, 3.05) is 46.4 Å². The summed E-state index contributed by atoms with van der Waals surface area (Å²) in [6.07, 6.45) is 2.02.